The van der Waals surface area contributed by atoms with Gasteiger partial charge in [0, 0.05) is 12.0 Å². The van der Waals surface area contributed by atoms with E-state index in [9.17, 15) is 14.4 Å². The number of ketones is 2. The number of benzene rings is 1. The molecule has 0 spiro atoms. The number of hydrogen-bond donors (Lipinski definition) is 1. The summed E-state index contributed by atoms with van der Waals surface area (Å²) in [5.41, 5.74) is 0.710. The number of aliphatic carboxylic acids is 1. The molecule has 110 valence electrons. The predicted molar refractivity (Wildman–Crippen MR) is 75.8 cm³/mol. The Hall–Kier alpha value is -2.48. The average Bonchev–Trinajstić information content (AvgIpc) is 2.46. The minimum absolute atomic E-state index is 0.0305. The second kappa shape index (κ2) is 7.95. The van der Waals surface area contributed by atoms with E-state index in [0.717, 1.165) is 0 Å². The third kappa shape index (κ3) is 5.19. The highest BCUT2D eigenvalue weighted by atomic mass is 16.4. The lowest BCUT2D eigenvalue weighted by atomic mass is 9.89. The molecule has 0 fully saturated rings. The largest absolute Gasteiger partial charge is 0.481 e. The zero-order valence-electron chi connectivity index (χ0n) is 11.8. The molecule has 1 aromatic carbocycles. The number of rotatable bonds is 8. The van der Waals surface area contributed by atoms with Gasteiger partial charge in [-0.05, 0) is 31.9 Å². The lowest BCUT2D eigenvalue weighted by Crippen LogP contribution is -2.22. The summed E-state index contributed by atoms with van der Waals surface area (Å²) in [5.74, 6) is -2.21. The number of hydrogen-bond acceptors (Lipinski definition) is 4. The van der Waals surface area contributed by atoms with Crippen molar-refractivity contribution in [2.75, 3.05) is 0 Å². The smallest absolute Gasteiger partial charge is 0.303 e. The van der Waals surface area contributed by atoms with Crippen molar-refractivity contribution in [1.82, 2.24) is 0 Å². The molecule has 0 aliphatic heterocycles. The number of Topliss-reactive ketones (excluding diaryl/α,β-unsaturated/α-hetero) is 2. The molecule has 0 heterocycles. The van der Waals surface area contributed by atoms with E-state index in [2.05, 4.69) is 0 Å². The Morgan fingerprint density at radius 3 is 2.57 bits per heavy atom. The van der Waals surface area contributed by atoms with Crippen molar-refractivity contribution in [2.24, 2.45) is 5.92 Å². The second-order valence-electron chi connectivity index (χ2n) is 4.86. The number of carbonyl (C=O) groups is 3. The van der Waals surface area contributed by atoms with Crippen molar-refractivity contribution in [3.05, 3.63) is 35.4 Å². The minimum atomic E-state index is -0.887. The molecule has 0 amide bonds. The first kappa shape index (κ1) is 16.6. The summed E-state index contributed by atoms with van der Waals surface area (Å²) < 4.78 is 0. The monoisotopic (exact) mass is 287 g/mol. The molecular formula is C16H17NO4. The van der Waals surface area contributed by atoms with E-state index in [0.29, 0.717) is 30.4 Å². The molecule has 0 aliphatic carbocycles. The van der Waals surface area contributed by atoms with Crippen LogP contribution in [0.5, 0.6) is 0 Å². The first-order valence-electron chi connectivity index (χ1n) is 6.72. The fraction of sp³-hybridized carbons (Fsp3) is 0.375. The number of nitriles is 1. The third-order valence-electron chi connectivity index (χ3n) is 3.22. The van der Waals surface area contributed by atoms with Crippen LogP contribution >= 0.6 is 0 Å². The van der Waals surface area contributed by atoms with E-state index in [-0.39, 0.29) is 18.0 Å². The summed E-state index contributed by atoms with van der Waals surface area (Å²) in [6, 6.07) is 8.19. The highest BCUT2D eigenvalue weighted by Gasteiger charge is 2.24. The fourth-order valence-corrected chi connectivity index (χ4v) is 2.09. The van der Waals surface area contributed by atoms with Gasteiger partial charge in [-0.3, -0.25) is 14.4 Å². The van der Waals surface area contributed by atoms with Gasteiger partial charge in [-0.15, -0.1) is 0 Å². The molecule has 21 heavy (non-hydrogen) atoms. The van der Waals surface area contributed by atoms with Crippen LogP contribution in [0.15, 0.2) is 24.3 Å². The van der Waals surface area contributed by atoms with E-state index in [1.807, 2.05) is 6.07 Å². The molecule has 5 nitrogen and oxygen atoms in total. The maximum absolute atomic E-state index is 12.3. The van der Waals surface area contributed by atoms with Crippen LogP contribution in [0.25, 0.3) is 0 Å². The van der Waals surface area contributed by atoms with Crippen molar-refractivity contribution in [2.45, 2.75) is 32.6 Å². The molecule has 0 radical (unpaired) electrons. The van der Waals surface area contributed by atoms with Gasteiger partial charge in [0.2, 0.25) is 0 Å². The number of nitrogens with zero attached hydrogens (tertiary/aromatic N) is 1. The predicted octanol–water partition coefficient (Wildman–Crippen LogP) is 2.59. The molecule has 0 saturated carbocycles. The Bertz CT molecular complexity index is 586. The Balaban J connectivity index is 2.75. The van der Waals surface area contributed by atoms with Crippen LogP contribution in [0.1, 0.15) is 48.5 Å². The normalized spacial score (nSPS) is 11.4. The summed E-state index contributed by atoms with van der Waals surface area (Å²) in [4.78, 5) is 34.4. The number of carbonyl (C=O) groups excluding carboxylic acids is 2. The van der Waals surface area contributed by atoms with Gasteiger partial charge in [0.1, 0.15) is 5.78 Å². The third-order valence-corrected chi connectivity index (χ3v) is 3.22. The Labute approximate surface area is 123 Å². The van der Waals surface area contributed by atoms with Gasteiger partial charge in [-0.2, -0.15) is 5.26 Å². The van der Waals surface area contributed by atoms with Crippen LogP contribution in [-0.2, 0) is 9.59 Å². The van der Waals surface area contributed by atoms with E-state index in [1.54, 1.807) is 18.2 Å². The van der Waals surface area contributed by atoms with E-state index >= 15 is 0 Å². The highest BCUT2D eigenvalue weighted by Crippen LogP contribution is 2.18. The number of unbranched alkanes of at least 4 members (excludes halogenated alkanes) is 1. The van der Waals surface area contributed by atoms with Crippen molar-refractivity contribution in [1.29, 1.82) is 5.26 Å². The zero-order chi connectivity index (χ0) is 15.8. The first-order chi connectivity index (χ1) is 9.95. The molecule has 0 bridgehead atoms. The maximum Gasteiger partial charge on any atom is 0.303 e. The highest BCUT2D eigenvalue weighted by molar-refractivity contribution is 6.10. The standard InChI is InChI=1S/C16H17NO4/c1-11(18)14(7-2-3-8-15(19)20)16(21)13-6-4-5-12(9-13)10-17/h4-6,9,14H,2-3,7-8H2,1H3,(H,19,20). The molecule has 0 aromatic heterocycles. The SMILES string of the molecule is CC(=O)C(CCCCC(=O)O)C(=O)c1cccc(C#N)c1. The van der Waals surface area contributed by atoms with Crippen LogP contribution < -0.4 is 0 Å². The molecule has 1 unspecified atom stereocenters. The maximum atomic E-state index is 12.3. The quantitative estimate of drug-likeness (QED) is 0.450. The molecule has 0 saturated heterocycles. The van der Waals surface area contributed by atoms with Crippen molar-refractivity contribution in [3.8, 4) is 6.07 Å². The van der Waals surface area contributed by atoms with Gasteiger partial charge in [-0.1, -0.05) is 18.6 Å². The molecule has 1 atom stereocenters. The van der Waals surface area contributed by atoms with Gasteiger partial charge in [0.25, 0.3) is 0 Å². The summed E-state index contributed by atoms with van der Waals surface area (Å²) >= 11 is 0. The molecule has 0 aliphatic rings. The Morgan fingerprint density at radius 1 is 1.29 bits per heavy atom. The molecule has 1 aromatic rings. The van der Waals surface area contributed by atoms with E-state index in [4.69, 9.17) is 10.4 Å². The fourth-order valence-electron chi connectivity index (χ4n) is 2.09. The minimum Gasteiger partial charge on any atom is -0.481 e. The van der Waals surface area contributed by atoms with Crippen LogP contribution in [0, 0.1) is 17.2 Å². The molecule has 5 heteroatoms. The first-order valence-corrected chi connectivity index (χ1v) is 6.72. The van der Waals surface area contributed by atoms with E-state index < -0.39 is 11.9 Å². The van der Waals surface area contributed by atoms with Gasteiger partial charge in [0.05, 0.1) is 17.6 Å². The second-order valence-corrected chi connectivity index (χ2v) is 4.86. The molecule has 1 rings (SSSR count). The summed E-state index contributed by atoms with van der Waals surface area (Å²) in [6.07, 6.45) is 1.30. The molecular weight excluding hydrogens is 270 g/mol. The number of carboxylic acid groups (broad SMARTS) is 1. The van der Waals surface area contributed by atoms with Gasteiger partial charge >= 0.3 is 5.97 Å². The summed E-state index contributed by atoms with van der Waals surface area (Å²) in [5, 5.41) is 17.4. The summed E-state index contributed by atoms with van der Waals surface area (Å²) in [7, 11) is 0. The van der Waals surface area contributed by atoms with Crippen LogP contribution in [-0.4, -0.2) is 22.6 Å². The van der Waals surface area contributed by atoms with E-state index in [1.165, 1.54) is 13.0 Å². The van der Waals surface area contributed by atoms with Crippen LogP contribution in [0.2, 0.25) is 0 Å². The van der Waals surface area contributed by atoms with Crippen molar-refractivity contribution >= 4 is 17.5 Å². The van der Waals surface area contributed by atoms with Crippen molar-refractivity contribution < 1.29 is 19.5 Å². The van der Waals surface area contributed by atoms with Gasteiger partial charge in [-0.25, -0.2) is 0 Å². The van der Waals surface area contributed by atoms with Crippen LogP contribution in [0.4, 0.5) is 0 Å². The topological polar surface area (TPSA) is 95.2 Å². The zero-order valence-corrected chi connectivity index (χ0v) is 11.8. The van der Waals surface area contributed by atoms with Gasteiger partial charge < -0.3 is 5.11 Å². The lowest BCUT2D eigenvalue weighted by Gasteiger charge is -2.12. The summed E-state index contributed by atoms with van der Waals surface area (Å²) in [6.45, 7) is 1.36. The average molecular weight is 287 g/mol. The van der Waals surface area contributed by atoms with Gasteiger partial charge in [0.15, 0.2) is 5.78 Å². The van der Waals surface area contributed by atoms with Crippen LogP contribution in [0.3, 0.4) is 0 Å². The molecule has 1 N–H and O–H groups in total. The Morgan fingerprint density at radius 2 is 2.00 bits per heavy atom. The lowest BCUT2D eigenvalue weighted by molar-refractivity contribution is -0.137. The number of carboxylic acids is 1. The van der Waals surface area contributed by atoms with Crippen molar-refractivity contribution in [3.63, 3.8) is 0 Å². The Kier molecular flexibility index (Phi) is 6.28.